The SMILES string of the molecule is COCCCNCc1ccc(C#Cc2cccc(C(=O)O)c2-c2ccc3cc[nH]c3c2)cc1. The van der Waals surface area contributed by atoms with Crippen molar-refractivity contribution in [3.8, 4) is 23.0 Å². The van der Waals surface area contributed by atoms with Crippen LogP contribution in [0.15, 0.2) is 72.9 Å². The fraction of sp³-hybridized carbons (Fsp3) is 0.179. The molecule has 0 bridgehead atoms. The molecule has 0 spiro atoms. The summed E-state index contributed by atoms with van der Waals surface area (Å²) in [6, 6.07) is 21.2. The van der Waals surface area contributed by atoms with E-state index in [1.54, 1.807) is 19.2 Å². The standard InChI is InChI=1S/C28H26N2O3/c1-33-17-3-15-29-19-21-8-6-20(7-9-21)10-11-23-4-2-5-25(28(31)32)27(23)24-13-12-22-14-16-30-26(22)18-24/h2,4-9,12-14,16,18,29-30H,3,15,17,19H2,1H3,(H,31,32). The predicted octanol–water partition coefficient (Wildman–Crippen LogP) is 5.06. The summed E-state index contributed by atoms with van der Waals surface area (Å²) in [5.41, 5.74) is 5.40. The Morgan fingerprint density at radius 2 is 1.91 bits per heavy atom. The Morgan fingerprint density at radius 1 is 1.06 bits per heavy atom. The van der Waals surface area contributed by atoms with E-state index in [0.29, 0.717) is 11.1 Å². The molecule has 5 heteroatoms. The van der Waals surface area contributed by atoms with E-state index in [9.17, 15) is 9.90 Å². The number of methoxy groups -OCH3 is 1. The molecule has 0 aliphatic carbocycles. The van der Waals surface area contributed by atoms with Gasteiger partial charge in [-0.05, 0) is 65.9 Å². The predicted molar refractivity (Wildman–Crippen MR) is 131 cm³/mol. The van der Waals surface area contributed by atoms with Gasteiger partial charge in [0.15, 0.2) is 0 Å². The number of carboxylic acid groups (broad SMARTS) is 1. The van der Waals surface area contributed by atoms with E-state index in [-0.39, 0.29) is 5.56 Å². The molecule has 0 unspecified atom stereocenters. The van der Waals surface area contributed by atoms with E-state index in [1.807, 2.05) is 48.7 Å². The highest BCUT2D eigenvalue weighted by molar-refractivity contribution is 5.99. The third-order valence-corrected chi connectivity index (χ3v) is 5.47. The van der Waals surface area contributed by atoms with Gasteiger partial charge in [0.05, 0.1) is 5.56 Å². The minimum absolute atomic E-state index is 0.239. The van der Waals surface area contributed by atoms with Gasteiger partial charge in [0.1, 0.15) is 0 Å². The summed E-state index contributed by atoms with van der Waals surface area (Å²) in [5.74, 6) is 5.42. The zero-order valence-electron chi connectivity index (χ0n) is 18.5. The van der Waals surface area contributed by atoms with E-state index in [1.165, 1.54) is 5.56 Å². The Balaban J connectivity index is 1.59. The molecule has 0 aliphatic rings. The first-order chi connectivity index (χ1) is 16.2. The molecule has 0 saturated carbocycles. The maximum atomic E-state index is 11.9. The van der Waals surface area contributed by atoms with Crippen LogP contribution in [-0.4, -0.2) is 36.3 Å². The number of carbonyl (C=O) groups is 1. The molecule has 3 N–H and O–H groups in total. The van der Waals surface area contributed by atoms with Crippen molar-refractivity contribution in [3.63, 3.8) is 0 Å². The fourth-order valence-electron chi connectivity index (χ4n) is 3.77. The van der Waals surface area contributed by atoms with Gasteiger partial charge in [-0.1, -0.05) is 42.2 Å². The van der Waals surface area contributed by atoms with E-state index < -0.39 is 5.97 Å². The average molecular weight is 439 g/mol. The number of carboxylic acids is 1. The monoisotopic (exact) mass is 438 g/mol. The van der Waals surface area contributed by atoms with Crippen molar-refractivity contribution in [3.05, 3.63) is 95.2 Å². The Morgan fingerprint density at radius 3 is 2.70 bits per heavy atom. The largest absolute Gasteiger partial charge is 0.478 e. The molecule has 0 atom stereocenters. The molecule has 0 aliphatic heterocycles. The fourth-order valence-corrected chi connectivity index (χ4v) is 3.77. The number of rotatable bonds is 8. The van der Waals surface area contributed by atoms with Gasteiger partial charge in [-0.15, -0.1) is 0 Å². The zero-order chi connectivity index (χ0) is 23.0. The van der Waals surface area contributed by atoms with Gasteiger partial charge in [0.2, 0.25) is 0 Å². The molecular formula is C28H26N2O3. The van der Waals surface area contributed by atoms with Gasteiger partial charge >= 0.3 is 5.97 Å². The van der Waals surface area contributed by atoms with E-state index in [4.69, 9.17) is 4.74 Å². The van der Waals surface area contributed by atoms with Crippen molar-refractivity contribution in [1.82, 2.24) is 10.3 Å². The van der Waals surface area contributed by atoms with Gasteiger partial charge in [-0.2, -0.15) is 0 Å². The average Bonchev–Trinajstić information content (AvgIpc) is 3.31. The van der Waals surface area contributed by atoms with Crippen molar-refractivity contribution in [2.75, 3.05) is 20.3 Å². The van der Waals surface area contributed by atoms with Crippen LogP contribution in [0.25, 0.3) is 22.0 Å². The molecule has 4 aromatic rings. The second kappa shape index (κ2) is 10.6. The lowest BCUT2D eigenvalue weighted by atomic mass is 9.93. The highest BCUT2D eigenvalue weighted by Crippen LogP contribution is 2.30. The van der Waals surface area contributed by atoms with Crippen LogP contribution in [0.1, 0.15) is 33.5 Å². The second-order valence-corrected chi connectivity index (χ2v) is 7.78. The number of benzene rings is 3. The van der Waals surface area contributed by atoms with Crippen molar-refractivity contribution < 1.29 is 14.6 Å². The number of hydrogen-bond donors (Lipinski definition) is 3. The van der Waals surface area contributed by atoms with Gasteiger partial charge in [0.25, 0.3) is 0 Å². The molecule has 3 aromatic carbocycles. The van der Waals surface area contributed by atoms with E-state index in [0.717, 1.165) is 48.1 Å². The summed E-state index contributed by atoms with van der Waals surface area (Å²) in [4.78, 5) is 15.1. The number of aromatic carboxylic acids is 1. The highest BCUT2D eigenvalue weighted by atomic mass is 16.5. The van der Waals surface area contributed by atoms with Crippen molar-refractivity contribution in [2.45, 2.75) is 13.0 Å². The number of ether oxygens (including phenoxy) is 1. The number of aromatic amines is 1. The summed E-state index contributed by atoms with van der Waals surface area (Å²) < 4.78 is 5.06. The first kappa shape index (κ1) is 22.3. The van der Waals surface area contributed by atoms with Crippen LogP contribution in [0, 0.1) is 11.8 Å². The molecule has 5 nitrogen and oxygen atoms in total. The van der Waals surface area contributed by atoms with E-state index >= 15 is 0 Å². The molecule has 166 valence electrons. The van der Waals surface area contributed by atoms with Crippen LogP contribution in [0.4, 0.5) is 0 Å². The van der Waals surface area contributed by atoms with Gasteiger partial charge in [-0.25, -0.2) is 4.79 Å². The second-order valence-electron chi connectivity index (χ2n) is 7.78. The summed E-state index contributed by atoms with van der Waals surface area (Å²) in [7, 11) is 1.71. The first-order valence-corrected chi connectivity index (χ1v) is 10.9. The lowest BCUT2D eigenvalue weighted by Gasteiger charge is -2.10. The molecule has 1 aromatic heterocycles. The van der Waals surface area contributed by atoms with Crippen LogP contribution in [0.3, 0.4) is 0 Å². The summed E-state index contributed by atoms with van der Waals surface area (Å²) in [6.07, 6.45) is 2.85. The lowest BCUT2D eigenvalue weighted by molar-refractivity contribution is 0.0697. The number of hydrogen-bond acceptors (Lipinski definition) is 3. The Kier molecular flexibility index (Phi) is 7.21. The van der Waals surface area contributed by atoms with Crippen LogP contribution < -0.4 is 5.32 Å². The molecule has 0 saturated heterocycles. The zero-order valence-corrected chi connectivity index (χ0v) is 18.5. The number of nitrogens with one attached hydrogen (secondary N) is 2. The molecule has 0 amide bonds. The van der Waals surface area contributed by atoms with Crippen molar-refractivity contribution >= 4 is 16.9 Å². The lowest BCUT2D eigenvalue weighted by Crippen LogP contribution is -2.15. The Bertz CT molecular complexity index is 1310. The number of aromatic nitrogens is 1. The number of fused-ring (bicyclic) bond motifs is 1. The minimum atomic E-state index is -0.970. The molecule has 0 fully saturated rings. The number of H-pyrrole nitrogens is 1. The molecule has 1 heterocycles. The molecule has 4 rings (SSSR count). The smallest absolute Gasteiger partial charge is 0.336 e. The summed E-state index contributed by atoms with van der Waals surface area (Å²) >= 11 is 0. The van der Waals surface area contributed by atoms with Gasteiger partial charge in [0, 0.05) is 48.7 Å². The van der Waals surface area contributed by atoms with E-state index in [2.05, 4.69) is 34.3 Å². The Labute approximate surface area is 193 Å². The minimum Gasteiger partial charge on any atom is -0.478 e. The topological polar surface area (TPSA) is 74.3 Å². The van der Waals surface area contributed by atoms with Gasteiger partial charge in [-0.3, -0.25) is 0 Å². The van der Waals surface area contributed by atoms with Crippen molar-refractivity contribution in [1.29, 1.82) is 0 Å². The molecule has 0 radical (unpaired) electrons. The van der Waals surface area contributed by atoms with Crippen LogP contribution >= 0.6 is 0 Å². The van der Waals surface area contributed by atoms with Crippen LogP contribution in [0.2, 0.25) is 0 Å². The third-order valence-electron chi connectivity index (χ3n) is 5.47. The quantitative estimate of drug-likeness (QED) is 0.266. The molecular weight excluding hydrogens is 412 g/mol. The highest BCUT2D eigenvalue weighted by Gasteiger charge is 2.15. The summed E-state index contributed by atoms with van der Waals surface area (Å²) in [5, 5.41) is 14.3. The van der Waals surface area contributed by atoms with Crippen molar-refractivity contribution in [2.24, 2.45) is 0 Å². The van der Waals surface area contributed by atoms with Crippen LogP contribution in [0.5, 0.6) is 0 Å². The maximum Gasteiger partial charge on any atom is 0.336 e. The third kappa shape index (κ3) is 5.50. The Hall–Kier alpha value is -3.85. The molecule has 33 heavy (non-hydrogen) atoms. The normalized spacial score (nSPS) is 10.7. The summed E-state index contributed by atoms with van der Waals surface area (Å²) in [6.45, 7) is 2.46. The van der Waals surface area contributed by atoms with Crippen LogP contribution in [-0.2, 0) is 11.3 Å². The maximum absolute atomic E-state index is 11.9. The van der Waals surface area contributed by atoms with Gasteiger partial charge < -0.3 is 20.1 Å². The first-order valence-electron chi connectivity index (χ1n) is 10.9.